The number of hydrogen-bond acceptors (Lipinski definition) is 5. The number of carbonyl (C=O) groups is 1. The summed E-state index contributed by atoms with van der Waals surface area (Å²) >= 11 is 0. The van der Waals surface area contributed by atoms with Crippen LogP contribution in [-0.4, -0.2) is 43.3 Å². The fourth-order valence-corrected chi connectivity index (χ4v) is 5.38. The molecule has 148 valence electrons. The molecule has 3 aliphatic rings. The molecule has 0 unspecified atom stereocenters. The van der Waals surface area contributed by atoms with E-state index in [9.17, 15) is 13.2 Å². The number of benzene rings is 1. The van der Waals surface area contributed by atoms with E-state index >= 15 is 0 Å². The van der Waals surface area contributed by atoms with Crippen molar-refractivity contribution in [3.63, 3.8) is 0 Å². The summed E-state index contributed by atoms with van der Waals surface area (Å²) in [6.45, 7) is 0.389. The number of hydrogen-bond donors (Lipinski definition) is 1. The van der Waals surface area contributed by atoms with E-state index in [1.165, 1.54) is 10.7 Å². The van der Waals surface area contributed by atoms with Crippen molar-refractivity contribution in [1.29, 1.82) is 0 Å². The smallest absolute Gasteiger partial charge is 0.251 e. The lowest BCUT2D eigenvalue weighted by molar-refractivity contribution is -0.120. The molecule has 8 heteroatoms. The van der Waals surface area contributed by atoms with Crippen LogP contribution in [-0.2, 0) is 14.8 Å². The molecular weight excluding hydrogens is 368 g/mol. The molecule has 2 heterocycles. The minimum atomic E-state index is -3.41. The van der Waals surface area contributed by atoms with Crippen molar-refractivity contribution < 1.29 is 22.7 Å². The van der Waals surface area contributed by atoms with Crippen LogP contribution >= 0.6 is 0 Å². The summed E-state index contributed by atoms with van der Waals surface area (Å²) in [4.78, 5) is 12.7. The van der Waals surface area contributed by atoms with E-state index in [0.29, 0.717) is 30.2 Å². The van der Waals surface area contributed by atoms with Gasteiger partial charge in [-0.2, -0.15) is 4.31 Å². The summed E-state index contributed by atoms with van der Waals surface area (Å²) in [6.07, 6.45) is 8.42. The Hall–Kier alpha value is -1.80. The van der Waals surface area contributed by atoms with Gasteiger partial charge in [0.05, 0.1) is 6.26 Å². The van der Waals surface area contributed by atoms with Crippen molar-refractivity contribution in [3.05, 3.63) is 18.2 Å². The highest BCUT2D eigenvalue weighted by Crippen LogP contribution is 2.46. The minimum absolute atomic E-state index is 0.300. The largest absolute Gasteiger partial charge is 0.448 e. The second kappa shape index (κ2) is 6.98. The zero-order chi connectivity index (χ0) is 19.1. The van der Waals surface area contributed by atoms with Gasteiger partial charge in [0.15, 0.2) is 11.5 Å². The molecule has 0 aromatic heterocycles. The maximum Gasteiger partial charge on any atom is 0.251 e. The Kier molecular flexibility index (Phi) is 4.80. The number of piperidine rings is 1. The number of sulfonamides is 1. The van der Waals surface area contributed by atoms with Crippen LogP contribution in [0.3, 0.4) is 0 Å². The molecule has 1 atom stereocenters. The van der Waals surface area contributed by atoms with Gasteiger partial charge in [0.25, 0.3) is 5.79 Å². The first-order valence-electron chi connectivity index (χ1n) is 9.66. The van der Waals surface area contributed by atoms with Crippen molar-refractivity contribution in [3.8, 4) is 11.5 Å². The molecule has 1 aromatic carbocycles. The molecule has 1 aromatic rings. The molecule has 0 radical (unpaired) electrons. The topological polar surface area (TPSA) is 84.9 Å². The number of nitrogens with zero attached hydrogens (tertiary/aromatic N) is 1. The number of rotatable bonds is 3. The lowest BCUT2D eigenvalue weighted by atomic mass is 9.94. The van der Waals surface area contributed by atoms with Crippen molar-refractivity contribution in [2.45, 2.75) is 63.2 Å². The molecule has 7 nitrogen and oxygen atoms in total. The van der Waals surface area contributed by atoms with Crippen LogP contribution in [0.2, 0.25) is 0 Å². The lowest BCUT2D eigenvalue weighted by Crippen LogP contribution is -2.49. The number of nitrogens with one attached hydrogen (secondary N) is 1. The summed E-state index contributed by atoms with van der Waals surface area (Å²) in [5, 5.41) is 2.85. The number of fused-ring (bicyclic) bond motifs is 1. The van der Waals surface area contributed by atoms with Gasteiger partial charge >= 0.3 is 0 Å². The maximum atomic E-state index is 12.7. The van der Waals surface area contributed by atoms with Crippen LogP contribution < -0.4 is 14.8 Å². The highest BCUT2D eigenvalue weighted by Gasteiger charge is 2.42. The molecule has 1 aliphatic carbocycles. The fraction of sp³-hybridized carbons (Fsp3) is 0.632. The van der Waals surface area contributed by atoms with E-state index in [2.05, 4.69) is 5.32 Å². The molecule has 2 aliphatic heterocycles. The summed E-state index contributed by atoms with van der Waals surface area (Å²) in [5.74, 6) is 0.481. The van der Waals surface area contributed by atoms with Crippen molar-refractivity contribution in [2.75, 3.05) is 18.1 Å². The SMILES string of the molecule is CS(=O)(=O)N1CCCC[C@@H]1C(=O)Nc1ccc2c(c1)OC1(CCCCC1)O2. The van der Waals surface area contributed by atoms with Gasteiger partial charge in [-0.25, -0.2) is 8.42 Å². The third kappa shape index (κ3) is 3.78. The van der Waals surface area contributed by atoms with Crippen LogP contribution in [0, 0.1) is 0 Å². The molecule has 0 bridgehead atoms. The molecule has 27 heavy (non-hydrogen) atoms. The van der Waals surface area contributed by atoms with Crippen molar-refractivity contribution >= 4 is 21.6 Å². The standard InChI is InChI=1S/C19H26N2O5S/c1-27(23,24)21-12-6-3-7-15(21)18(22)20-14-8-9-16-17(13-14)26-19(25-16)10-4-2-5-11-19/h8-9,13,15H,2-7,10-12H2,1H3,(H,20,22)/t15-/m1/s1. The molecule has 1 amide bonds. The van der Waals surface area contributed by atoms with Crippen LogP contribution in [0.25, 0.3) is 0 Å². The Morgan fingerprint density at radius 3 is 2.59 bits per heavy atom. The first-order chi connectivity index (χ1) is 12.9. The van der Waals surface area contributed by atoms with Crippen molar-refractivity contribution in [2.24, 2.45) is 0 Å². The van der Waals surface area contributed by atoms with E-state index < -0.39 is 21.9 Å². The molecular formula is C19H26N2O5S. The molecule has 1 N–H and O–H groups in total. The molecule has 1 saturated carbocycles. The first kappa shape index (κ1) is 18.6. The van der Waals surface area contributed by atoms with Gasteiger partial charge in [-0.1, -0.05) is 12.8 Å². The summed E-state index contributed by atoms with van der Waals surface area (Å²) < 4.78 is 37.4. The zero-order valence-electron chi connectivity index (χ0n) is 15.6. The van der Waals surface area contributed by atoms with E-state index in [4.69, 9.17) is 9.47 Å². The normalized spacial score (nSPS) is 24.7. The third-order valence-electron chi connectivity index (χ3n) is 5.60. The van der Waals surface area contributed by atoms with Gasteiger partial charge in [0, 0.05) is 31.1 Å². The van der Waals surface area contributed by atoms with Gasteiger partial charge in [-0.05, 0) is 37.8 Å². The average molecular weight is 394 g/mol. The Labute approximate surface area is 160 Å². The minimum Gasteiger partial charge on any atom is -0.448 e. The second-order valence-corrected chi connectivity index (χ2v) is 9.65. The zero-order valence-corrected chi connectivity index (χ0v) is 16.4. The highest BCUT2D eigenvalue weighted by molar-refractivity contribution is 7.88. The van der Waals surface area contributed by atoms with Crippen LogP contribution in [0.4, 0.5) is 5.69 Å². The summed E-state index contributed by atoms with van der Waals surface area (Å²) in [6, 6.07) is 4.69. The predicted octanol–water partition coefficient (Wildman–Crippen LogP) is 2.87. The van der Waals surface area contributed by atoms with Gasteiger partial charge in [-0.3, -0.25) is 4.79 Å². The van der Waals surface area contributed by atoms with Gasteiger partial charge < -0.3 is 14.8 Å². The first-order valence-corrected chi connectivity index (χ1v) is 11.5. The maximum absolute atomic E-state index is 12.7. The fourth-order valence-electron chi connectivity index (χ4n) is 4.26. The Balaban J connectivity index is 1.48. The van der Waals surface area contributed by atoms with Gasteiger partial charge in [-0.15, -0.1) is 0 Å². The third-order valence-corrected chi connectivity index (χ3v) is 6.89. The highest BCUT2D eigenvalue weighted by atomic mass is 32.2. The number of ether oxygens (including phenoxy) is 2. The monoisotopic (exact) mass is 394 g/mol. The molecule has 1 spiro atoms. The molecule has 1 saturated heterocycles. The van der Waals surface area contributed by atoms with E-state index in [-0.39, 0.29) is 5.91 Å². The summed E-state index contributed by atoms with van der Waals surface area (Å²) in [7, 11) is -3.41. The number of amides is 1. The second-order valence-electron chi connectivity index (χ2n) is 7.71. The Morgan fingerprint density at radius 1 is 1.11 bits per heavy atom. The van der Waals surface area contributed by atoms with Crippen LogP contribution in [0.1, 0.15) is 51.4 Å². The number of anilines is 1. The van der Waals surface area contributed by atoms with E-state index in [1.807, 2.05) is 6.07 Å². The Bertz CT molecular complexity index is 833. The van der Waals surface area contributed by atoms with E-state index in [1.54, 1.807) is 12.1 Å². The molecule has 2 fully saturated rings. The Morgan fingerprint density at radius 2 is 1.85 bits per heavy atom. The molecule has 4 rings (SSSR count). The van der Waals surface area contributed by atoms with E-state index in [0.717, 1.165) is 44.8 Å². The predicted molar refractivity (Wildman–Crippen MR) is 101 cm³/mol. The van der Waals surface area contributed by atoms with Crippen molar-refractivity contribution in [1.82, 2.24) is 4.31 Å². The van der Waals surface area contributed by atoms with Gasteiger partial charge in [0.2, 0.25) is 15.9 Å². The average Bonchev–Trinajstić information content (AvgIpc) is 2.98. The van der Waals surface area contributed by atoms with Crippen LogP contribution in [0.15, 0.2) is 18.2 Å². The van der Waals surface area contributed by atoms with Gasteiger partial charge in [0.1, 0.15) is 6.04 Å². The lowest BCUT2D eigenvalue weighted by Gasteiger charge is -2.32. The quantitative estimate of drug-likeness (QED) is 0.852. The summed E-state index contributed by atoms with van der Waals surface area (Å²) in [5.41, 5.74) is 0.592. The number of carbonyl (C=O) groups excluding carboxylic acids is 1. The van der Waals surface area contributed by atoms with Crippen LogP contribution in [0.5, 0.6) is 11.5 Å².